The second-order valence-electron chi connectivity index (χ2n) is 3.76. The second kappa shape index (κ2) is 7.70. The van der Waals surface area contributed by atoms with E-state index >= 15 is 0 Å². The zero-order valence-electron chi connectivity index (χ0n) is 10.8. The van der Waals surface area contributed by atoms with E-state index in [4.69, 9.17) is 11.6 Å². The number of rotatable bonds is 6. The normalized spacial score (nSPS) is 10.3. The van der Waals surface area contributed by atoms with Gasteiger partial charge < -0.3 is 9.47 Å². The molecule has 0 N–H and O–H groups in total. The Morgan fingerprint density at radius 1 is 1.26 bits per heavy atom. The van der Waals surface area contributed by atoms with Crippen LogP contribution in [0.2, 0.25) is 5.02 Å². The maximum atomic E-state index is 11.3. The quantitative estimate of drug-likeness (QED) is 0.723. The van der Waals surface area contributed by atoms with Gasteiger partial charge in [0.2, 0.25) is 0 Å². The molecule has 0 aliphatic carbocycles. The molecule has 1 aromatic heterocycles. The maximum Gasteiger partial charge on any atom is 0.319 e. The fraction of sp³-hybridized carbons (Fsp3) is 0.417. The molecule has 0 aromatic carbocycles. The Morgan fingerprint density at radius 3 is 2.32 bits per heavy atom. The monoisotopic (exact) mass is 286 g/mol. The standard InChI is InChI=1S/C12H15ClN2O4/c1-18-11(16)7-15(8-12(17)19-2)6-9-3-4-14-5-10(9)13/h3-5H,6-8H2,1-2H3. The van der Waals surface area contributed by atoms with E-state index in [2.05, 4.69) is 14.5 Å². The lowest BCUT2D eigenvalue weighted by atomic mass is 10.2. The number of halogens is 1. The minimum absolute atomic E-state index is 0.0236. The van der Waals surface area contributed by atoms with Gasteiger partial charge in [0, 0.05) is 18.9 Å². The molecule has 0 amide bonds. The fourth-order valence-corrected chi connectivity index (χ4v) is 1.61. The van der Waals surface area contributed by atoms with E-state index in [0.29, 0.717) is 11.6 Å². The highest BCUT2D eigenvalue weighted by Crippen LogP contribution is 2.15. The summed E-state index contributed by atoms with van der Waals surface area (Å²) >= 11 is 5.99. The molecule has 0 radical (unpaired) electrons. The number of hydrogen-bond acceptors (Lipinski definition) is 6. The third-order valence-corrected chi connectivity index (χ3v) is 2.75. The number of carbonyl (C=O) groups excluding carboxylic acids is 2. The zero-order valence-corrected chi connectivity index (χ0v) is 11.5. The summed E-state index contributed by atoms with van der Waals surface area (Å²) in [5.74, 6) is -0.872. The van der Waals surface area contributed by atoms with Gasteiger partial charge in [0.05, 0.1) is 32.3 Å². The highest BCUT2D eigenvalue weighted by Gasteiger charge is 2.16. The zero-order chi connectivity index (χ0) is 14.3. The van der Waals surface area contributed by atoms with Crippen LogP contribution in [-0.2, 0) is 25.6 Å². The molecule has 19 heavy (non-hydrogen) atoms. The van der Waals surface area contributed by atoms with Gasteiger partial charge in [-0.2, -0.15) is 0 Å². The van der Waals surface area contributed by atoms with Crippen molar-refractivity contribution in [2.75, 3.05) is 27.3 Å². The summed E-state index contributed by atoms with van der Waals surface area (Å²) in [6.07, 6.45) is 3.10. The molecule has 7 heteroatoms. The summed E-state index contributed by atoms with van der Waals surface area (Å²) in [5, 5.41) is 0.474. The lowest BCUT2D eigenvalue weighted by Crippen LogP contribution is -2.35. The molecule has 0 aliphatic heterocycles. The van der Waals surface area contributed by atoms with Crippen LogP contribution in [0, 0.1) is 0 Å². The van der Waals surface area contributed by atoms with Gasteiger partial charge in [0.15, 0.2) is 0 Å². The SMILES string of the molecule is COC(=O)CN(CC(=O)OC)Cc1ccncc1Cl. The number of hydrogen-bond donors (Lipinski definition) is 0. The van der Waals surface area contributed by atoms with E-state index in [9.17, 15) is 9.59 Å². The number of methoxy groups -OCH3 is 2. The molecule has 0 bridgehead atoms. The van der Waals surface area contributed by atoms with Crippen LogP contribution in [-0.4, -0.2) is 49.1 Å². The second-order valence-corrected chi connectivity index (χ2v) is 4.17. The number of carbonyl (C=O) groups is 2. The van der Waals surface area contributed by atoms with Crippen LogP contribution in [0.1, 0.15) is 5.56 Å². The largest absolute Gasteiger partial charge is 0.468 e. The molecule has 0 saturated carbocycles. The van der Waals surface area contributed by atoms with Crippen molar-refractivity contribution in [1.29, 1.82) is 0 Å². The third kappa shape index (κ3) is 5.23. The van der Waals surface area contributed by atoms with E-state index in [1.165, 1.54) is 20.4 Å². The van der Waals surface area contributed by atoms with Crippen LogP contribution in [0.15, 0.2) is 18.5 Å². The fourth-order valence-electron chi connectivity index (χ4n) is 1.44. The van der Waals surface area contributed by atoms with Gasteiger partial charge in [0.25, 0.3) is 0 Å². The smallest absolute Gasteiger partial charge is 0.319 e. The predicted molar refractivity (Wildman–Crippen MR) is 68.6 cm³/mol. The van der Waals surface area contributed by atoms with Crippen molar-refractivity contribution in [2.24, 2.45) is 0 Å². The lowest BCUT2D eigenvalue weighted by Gasteiger charge is -2.20. The third-order valence-electron chi connectivity index (χ3n) is 2.41. The van der Waals surface area contributed by atoms with Crippen LogP contribution in [0.4, 0.5) is 0 Å². The van der Waals surface area contributed by atoms with Gasteiger partial charge >= 0.3 is 11.9 Å². The summed E-state index contributed by atoms with van der Waals surface area (Å²) in [7, 11) is 2.58. The molecule has 1 aromatic rings. The van der Waals surface area contributed by atoms with E-state index in [1.54, 1.807) is 17.2 Å². The summed E-state index contributed by atoms with van der Waals surface area (Å²) in [6, 6.07) is 1.73. The van der Waals surface area contributed by atoms with Crippen molar-refractivity contribution >= 4 is 23.5 Å². The van der Waals surface area contributed by atoms with Gasteiger partial charge in [-0.1, -0.05) is 11.6 Å². The van der Waals surface area contributed by atoms with E-state index in [-0.39, 0.29) is 13.1 Å². The Labute approximate surface area is 116 Å². The Hall–Kier alpha value is -1.66. The summed E-state index contributed by atoms with van der Waals surface area (Å²) < 4.78 is 9.17. The Kier molecular flexibility index (Phi) is 6.24. The first-order chi connectivity index (χ1) is 9.06. The van der Waals surface area contributed by atoms with Crippen LogP contribution >= 0.6 is 11.6 Å². The van der Waals surface area contributed by atoms with Crippen molar-refractivity contribution in [2.45, 2.75) is 6.54 Å². The molecule has 1 heterocycles. The molecular formula is C12H15ClN2O4. The minimum Gasteiger partial charge on any atom is -0.468 e. The van der Waals surface area contributed by atoms with E-state index in [0.717, 1.165) is 5.56 Å². The molecule has 0 unspecified atom stereocenters. The molecular weight excluding hydrogens is 272 g/mol. The molecule has 1 rings (SSSR count). The van der Waals surface area contributed by atoms with Crippen molar-refractivity contribution in [1.82, 2.24) is 9.88 Å². The molecule has 0 atom stereocenters. The molecule has 0 fully saturated rings. The highest BCUT2D eigenvalue weighted by atomic mass is 35.5. The van der Waals surface area contributed by atoms with Crippen LogP contribution in [0.25, 0.3) is 0 Å². The molecule has 0 saturated heterocycles. The van der Waals surface area contributed by atoms with E-state index < -0.39 is 11.9 Å². The van der Waals surface area contributed by atoms with Crippen molar-refractivity contribution in [3.63, 3.8) is 0 Å². The number of pyridine rings is 1. The highest BCUT2D eigenvalue weighted by molar-refractivity contribution is 6.31. The average Bonchev–Trinajstić information content (AvgIpc) is 2.40. The molecule has 0 aliphatic rings. The van der Waals surface area contributed by atoms with Gasteiger partial charge in [-0.3, -0.25) is 19.5 Å². The number of esters is 2. The van der Waals surface area contributed by atoms with Gasteiger partial charge in [-0.05, 0) is 11.6 Å². The van der Waals surface area contributed by atoms with Gasteiger partial charge in [-0.15, -0.1) is 0 Å². The first kappa shape index (κ1) is 15.4. The van der Waals surface area contributed by atoms with E-state index in [1.807, 2.05) is 0 Å². The topological polar surface area (TPSA) is 68.7 Å². The lowest BCUT2D eigenvalue weighted by molar-refractivity contribution is -0.145. The first-order valence-corrected chi connectivity index (χ1v) is 5.89. The summed E-state index contributed by atoms with van der Waals surface area (Å²) in [5.41, 5.74) is 0.768. The predicted octanol–water partition coefficient (Wildman–Crippen LogP) is 0.883. The number of nitrogens with zero attached hydrogens (tertiary/aromatic N) is 2. The van der Waals surface area contributed by atoms with Crippen molar-refractivity contribution < 1.29 is 19.1 Å². The van der Waals surface area contributed by atoms with Gasteiger partial charge in [-0.25, -0.2) is 0 Å². The maximum absolute atomic E-state index is 11.3. The Morgan fingerprint density at radius 2 is 1.84 bits per heavy atom. The molecule has 104 valence electrons. The Bertz CT molecular complexity index is 435. The summed E-state index contributed by atoms with van der Waals surface area (Å²) in [4.78, 5) is 28.1. The molecule has 0 spiro atoms. The number of aromatic nitrogens is 1. The Balaban J connectivity index is 2.75. The molecule has 6 nitrogen and oxygen atoms in total. The van der Waals surface area contributed by atoms with Gasteiger partial charge in [0.1, 0.15) is 0 Å². The van der Waals surface area contributed by atoms with Crippen LogP contribution in [0.3, 0.4) is 0 Å². The van der Waals surface area contributed by atoms with Crippen molar-refractivity contribution in [3.8, 4) is 0 Å². The number of ether oxygens (including phenoxy) is 2. The van der Waals surface area contributed by atoms with Crippen LogP contribution in [0.5, 0.6) is 0 Å². The first-order valence-electron chi connectivity index (χ1n) is 5.51. The minimum atomic E-state index is -0.436. The van der Waals surface area contributed by atoms with Crippen LogP contribution < -0.4 is 0 Å². The van der Waals surface area contributed by atoms with Crippen molar-refractivity contribution in [3.05, 3.63) is 29.0 Å². The summed E-state index contributed by atoms with van der Waals surface area (Å²) in [6.45, 7) is 0.278. The average molecular weight is 287 g/mol.